The minimum atomic E-state index is -0.451. The van der Waals surface area contributed by atoms with Crippen LogP contribution in [0.3, 0.4) is 0 Å². The Morgan fingerprint density at radius 1 is 1.46 bits per heavy atom. The Hall–Kier alpha value is -0.280. The van der Waals surface area contributed by atoms with Crippen LogP contribution in [0.1, 0.15) is 13.8 Å². The lowest BCUT2D eigenvalue weighted by Gasteiger charge is -2.12. The first-order valence-corrected chi connectivity index (χ1v) is 4.99. The van der Waals surface area contributed by atoms with Crippen LogP contribution in [-0.4, -0.2) is 6.10 Å². The zero-order valence-corrected chi connectivity index (χ0v) is 9.62. The standard InChI is InChI=1S/C9H9BrClFO/c1-5(2)13-9-7(10)3-6(11)4-8(9)12/h3-5H,1-2H3. The molecule has 13 heavy (non-hydrogen) atoms. The summed E-state index contributed by atoms with van der Waals surface area (Å²) in [5.74, 6) is -0.243. The normalized spacial score (nSPS) is 10.6. The van der Waals surface area contributed by atoms with E-state index in [1.165, 1.54) is 6.07 Å². The molecule has 4 heteroatoms. The summed E-state index contributed by atoms with van der Waals surface area (Å²) in [7, 11) is 0. The fraction of sp³-hybridized carbons (Fsp3) is 0.333. The molecule has 0 atom stereocenters. The Morgan fingerprint density at radius 3 is 2.54 bits per heavy atom. The average Bonchev–Trinajstić information content (AvgIpc) is 1.96. The van der Waals surface area contributed by atoms with E-state index < -0.39 is 5.82 Å². The first-order chi connectivity index (χ1) is 6.00. The molecule has 0 spiro atoms. The van der Waals surface area contributed by atoms with Gasteiger partial charge in [-0.1, -0.05) is 11.6 Å². The molecule has 0 unspecified atom stereocenters. The van der Waals surface area contributed by atoms with Crippen molar-refractivity contribution in [2.75, 3.05) is 0 Å². The second-order valence-corrected chi connectivity index (χ2v) is 4.16. The molecule has 1 aromatic rings. The zero-order chi connectivity index (χ0) is 10.0. The third kappa shape index (κ3) is 2.85. The molecular formula is C9H9BrClFO. The van der Waals surface area contributed by atoms with Crippen LogP contribution in [-0.2, 0) is 0 Å². The predicted molar refractivity (Wildman–Crippen MR) is 54.9 cm³/mol. The van der Waals surface area contributed by atoms with Gasteiger partial charge in [-0.05, 0) is 41.9 Å². The Balaban J connectivity index is 3.06. The second-order valence-electron chi connectivity index (χ2n) is 2.87. The highest BCUT2D eigenvalue weighted by Crippen LogP contribution is 2.32. The van der Waals surface area contributed by atoms with Gasteiger partial charge in [-0.3, -0.25) is 0 Å². The molecule has 0 fully saturated rings. The summed E-state index contributed by atoms with van der Waals surface area (Å²) < 4.78 is 19.0. The first kappa shape index (κ1) is 10.8. The van der Waals surface area contributed by atoms with E-state index in [1.807, 2.05) is 13.8 Å². The maximum Gasteiger partial charge on any atom is 0.169 e. The van der Waals surface area contributed by atoms with E-state index in [4.69, 9.17) is 16.3 Å². The second kappa shape index (κ2) is 4.29. The highest BCUT2D eigenvalue weighted by atomic mass is 79.9. The Labute approximate surface area is 90.0 Å². The molecule has 0 bridgehead atoms. The molecule has 1 aromatic carbocycles. The fourth-order valence-corrected chi connectivity index (χ4v) is 1.74. The molecule has 0 aliphatic rings. The minimum Gasteiger partial charge on any atom is -0.487 e. The van der Waals surface area contributed by atoms with Crippen molar-refractivity contribution in [2.24, 2.45) is 0 Å². The number of ether oxygens (including phenoxy) is 1. The Bertz CT molecular complexity index is 291. The monoisotopic (exact) mass is 266 g/mol. The summed E-state index contributed by atoms with van der Waals surface area (Å²) >= 11 is 8.81. The molecule has 0 aliphatic heterocycles. The minimum absolute atomic E-state index is 0.0630. The topological polar surface area (TPSA) is 9.23 Å². The molecule has 0 saturated carbocycles. The van der Waals surface area contributed by atoms with E-state index in [0.717, 1.165) is 0 Å². The van der Waals surface area contributed by atoms with Crippen LogP contribution < -0.4 is 4.74 Å². The van der Waals surface area contributed by atoms with E-state index in [2.05, 4.69) is 15.9 Å². The van der Waals surface area contributed by atoms with Crippen molar-refractivity contribution in [3.05, 3.63) is 27.4 Å². The number of halogens is 3. The smallest absolute Gasteiger partial charge is 0.169 e. The molecule has 0 radical (unpaired) electrons. The molecule has 72 valence electrons. The van der Waals surface area contributed by atoms with Gasteiger partial charge in [0.15, 0.2) is 11.6 Å². The molecule has 1 rings (SSSR count). The van der Waals surface area contributed by atoms with Gasteiger partial charge in [0, 0.05) is 5.02 Å². The molecule has 1 nitrogen and oxygen atoms in total. The van der Waals surface area contributed by atoms with Gasteiger partial charge in [0.05, 0.1) is 10.6 Å². The average molecular weight is 268 g/mol. The van der Waals surface area contributed by atoms with Crippen molar-refractivity contribution in [2.45, 2.75) is 20.0 Å². The van der Waals surface area contributed by atoms with E-state index in [0.29, 0.717) is 9.50 Å². The molecule has 0 aliphatic carbocycles. The van der Waals surface area contributed by atoms with Gasteiger partial charge in [0.2, 0.25) is 0 Å². The lowest BCUT2D eigenvalue weighted by Crippen LogP contribution is -2.07. The summed E-state index contributed by atoms with van der Waals surface area (Å²) in [6.45, 7) is 3.67. The van der Waals surface area contributed by atoms with Crippen molar-refractivity contribution < 1.29 is 9.13 Å². The number of benzene rings is 1. The van der Waals surface area contributed by atoms with Crippen molar-refractivity contribution in [1.82, 2.24) is 0 Å². The van der Waals surface area contributed by atoms with E-state index in [-0.39, 0.29) is 11.9 Å². The van der Waals surface area contributed by atoms with E-state index in [9.17, 15) is 4.39 Å². The van der Waals surface area contributed by atoms with Gasteiger partial charge in [-0.2, -0.15) is 0 Å². The fourth-order valence-electron chi connectivity index (χ4n) is 0.877. The van der Waals surface area contributed by atoms with Crippen molar-refractivity contribution in [3.63, 3.8) is 0 Å². The number of hydrogen-bond acceptors (Lipinski definition) is 1. The molecule has 0 aromatic heterocycles. The largest absolute Gasteiger partial charge is 0.487 e. The summed E-state index contributed by atoms with van der Waals surface area (Å²) in [4.78, 5) is 0. The van der Waals surface area contributed by atoms with Gasteiger partial charge in [0.1, 0.15) is 0 Å². The highest BCUT2D eigenvalue weighted by Gasteiger charge is 2.11. The molecule has 0 saturated heterocycles. The number of rotatable bonds is 2. The van der Waals surface area contributed by atoms with E-state index in [1.54, 1.807) is 6.07 Å². The summed E-state index contributed by atoms with van der Waals surface area (Å²) in [6, 6.07) is 2.83. The molecule has 0 heterocycles. The Kier molecular flexibility index (Phi) is 3.56. The third-order valence-electron chi connectivity index (χ3n) is 1.32. The van der Waals surface area contributed by atoms with Crippen LogP contribution in [0.15, 0.2) is 16.6 Å². The Morgan fingerprint density at radius 2 is 2.08 bits per heavy atom. The van der Waals surface area contributed by atoms with Crippen LogP contribution >= 0.6 is 27.5 Å². The molecular weight excluding hydrogens is 258 g/mol. The van der Waals surface area contributed by atoms with Gasteiger partial charge in [0.25, 0.3) is 0 Å². The SMILES string of the molecule is CC(C)Oc1c(F)cc(Cl)cc1Br. The van der Waals surface area contributed by atoms with Crippen LogP contribution in [0.4, 0.5) is 4.39 Å². The quantitative estimate of drug-likeness (QED) is 0.786. The summed E-state index contributed by atoms with van der Waals surface area (Å²) in [5, 5.41) is 0.348. The van der Waals surface area contributed by atoms with Crippen LogP contribution in [0.5, 0.6) is 5.75 Å². The zero-order valence-electron chi connectivity index (χ0n) is 7.27. The van der Waals surface area contributed by atoms with Crippen molar-refractivity contribution >= 4 is 27.5 Å². The van der Waals surface area contributed by atoms with Gasteiger partial charge >= 0.3 is 0 Å². The maximum absolute atomic E-state index is 13.2. The number of hydrogen-bond donors (Lipinski definition) is 0. The lowest BCUT2D eigenvalue weighted by atomic mass is 10.3. The molecule has 0 amide bonds. The van der Waals surface area contributed by atoms with Gasteiger partial charge in [-0.15, -0.1) is 0 Å². The third-order valence-corrected chi connectivity index (χ3v) is 2.12. The van der Waals surface area contributed by atoms with Crippen molar-refractivity contribution in [1.29, 1.82) is 0 Å². The lowest BCUT2D eigenvalue weighted by molar-refractivity contribution is 0.229. The van der Waals surface area contributed by atoms with Gasteiger partial charge in [-0.25, -0.2) is 4.39 Å². The summed E-state index contributed by atoms with van der Waals surface area (Å²) in [5.41, 5.74) is 0. The van der Waals surface area contributed by atoms with Crippen molar-refractivity contribution in [3.8, 4) is 5.75 Å². The van der Waals surface area contributed by atoms with Gasteiger partial charge < -0.3 is 4.74 Å². The first-order valence-electron chi connectivity index (χ1n) is 3.82. The van der Waals surface area contributed by atoms with Crippen LogP contribution in [0.2, 0.25) is 5.02 Å². The highest BCUT2D eigenvalue weighted by molar-refractivity contribution is 9.10. The van der Waals surface area contributed by atoms with Crippen LogP contribution in [0.25, 0.3) is 0 Å². The molecule has 0 N–H and O–H groups in total. The van der Waals surface area contributed by atoms with E-state index >= 15 is 0 Å². The predicted octanol–water partition coefficient (Wildman–Crippen LogP) is 4.03. The van der Waals surface area contributed by atoms with Crippen LogP contribution in [0, 0.1) is 5.82 Å². The summed E-state index contributed by atoms with van der Waals surface area (Å²) in [6.07, 6.45) is -0.0630. The maximum atomic E-state index is 13.2.